The number of ether oxygens (including phenoxy) is 3. The van der Waals surface area contributed by atoms with E-state index in [2.05, 4.69) is 21.2 Å². The van der Waals surface area contributed by atoms with Crippen LogP contribution in [0, 0.1) is 5.82 Å². The Morgan fingerprint density at radius 2 is 1.76 bits per heavy atom. The molecule has 0 radical (unpaired) electrons. The van der Waals surface area contributed by atoms with E-state index in [0.717, 1.165) is 22.2 Å². The molecule has 3 aromatic carbocycles. The lowest BCUT2D eigenvalue weighted by Crippen LogP contribution is -2.36. The zero-order valence-electron chi connectivity index (χ0n) is 20.3. The van der Waals surface area contributed by atoms with Crippen LogP contribution in [0.5, 0.6) is 17.2 Å². The Kier molecular flexibility index (Phi) is 8.70. The quantitative estimate of drug-likeness (QED) is 0.307. The molecule has 3 amide bonds. The normalized spacial score (nSPS) is 14.1. The average Bonchev–Trinajstić information content (AvgIpc) is 3.16. The summed E-state index contributed by atoms with van der Waals surface area (Å²) >= 11 is 4.21. The molecule has 0 spiro atoms. The van der Waals surface area contributed by atoms with Crippen molar-refractivity contribution in [1.29, 1.82) is 0 Å². The van der Waals surface area contributed by atoms with Gasteiger partial charge in [0.05, 0.1) is 23.6 Å². The molecule has 4 rings (SSSR count). The van der Waals surface area contributed by atoms with Crippen molar-refractivity contribution in [1.82, 2.24) is 4.90 Å². The second kappa shape index (κ2) is 12.1. The minimum absolute atomic E-state index is 0.168. The number of methoxy groups -OCH3 is 2. The number of carbonyl (C=O) groups excluding carboxylic acids is 3. The van der Waals surface area contributed by atoms with Crippen molar-refractivity contribution in [3.8, 4) is 17.2 Å². The molecule has 0 aromatic heterocycles. The first kappa shape index (κ1) is 27.2. The molecule has 0 unspecified atom stereocenters. The molecular weight excluding hydrogens is 579 g/mol. The third-order valence-corrected chi connectivity index (χ3v) is 6.89. The number of nitrogens with zero attached hydrogens (tertiary/aromatic N) is 1. The second-order valence-electron chi connectivity index (χ2n) is 7.99. The first-order chi connectivity index (χ1) is 18.3. The molecule has 11 heteroatoms. The van der Waals surface area contributed by atoms with E-state index in [1.165, 1.54) is 26.4 Å². The van der Waals surface area contributed by atoms with Crippen LogP contribution in [0.3, 0.4) is 0 Å². The number of carbonyl (C=O) groups is 3. The highest BCUT2D eigenvalue weighted by Crippen LogP contribution is 2.39. The summed E-state index contributed by atoms with van der Waals surface area (Å²) in [5, 5.41) is 2.11. The third kappa shape index (κ3) is 6.53. The van der Waals surface area contributed by atoms with E-state index in [1.807, 2.05) is 0 Å². The fourth-order valence-corrected chi connectivity index (χ4v) is 4.92. The molecule has 38 heavy (non-hydrogen) atoms. The van der Waals surface area contributed by atoms with Gasteiger partial charge in [0.1, 0.15) is 24.7 Å². The minimum Gasteiger partial charge on any atom is -0.497 e. The van der Waals surface area contributed by atoms with Gasteiger partial charge >= 0.3 is 0 Å². The van der Waals surface area contributed by atoms with E-state index in [1.54, 1.807) is 54.6 Å². The van der Waals surface area contributed by atoms with E-state index in [0.29, 0.717) is 33.0 Å². The number of amides is 3. The zero-order chi connectivity index (χ0) is 27.2. The summed E-state index contributed by atoms with van der Waals surface area (Å²) < 4.78 is 30.1. The van der Waals surface area contributed by atoms with Crippen molar-refractivity contribution in [3.05, 3.63) is 87.0 Å². The molecule has 1 heterocycles. The van der Waals surface area contributed by atoms with Crippen LogP contribution >= 0.6 is 27.7 Å². The molecule has 0 aliphatic carbocycles. The third-order valence-electron chi connectivity index (χ3n) is 5.40. The number of anilines is 1. The van der Waals surface area contributed by atoms with Crippen LogP contribution in [0.1, 0.15) is 11.1 Å². The maximum atomic E-state index is 13.1. The van der Waals surface area contributed by atoms with Crippen molar-refractivity contribution in [2.24, 2.45) is 0 Å². The van der Waals surface area contributed by atoms with Gasteiger partial charge in [-0.1, -0.05) is 12.1 Å². The summed E-state index contributed by atoms with van der Waals surface area (Å²) in [6.45, 7) is -0.233. The molecule has 1 aliphatic heterocycles. The summed E-state index contributed by atoms with van der Waals surface area (Å²) in [6, 6.07) is 16.0. The maximum Gasteiger partial charge on any atom is 0.294 e. The monoisotopic (exact) mass is 600 g/mol. The lowest BCUT2D eigenvalue weighted by Gasteiger charge is -2.14. The molecule has 0 bridgehead atoms. The average molecular weight is 601 g/mol. The predicted molar refractivity (Wildman–Crippen MR) is 146 cm³/mol. The van der Waals surface area contributed by atoms with Gasteiger partial charge in [-0.2, -0.15) is 0 Å². The number of rotatable bonds is 9. The van der Waals surface area contributed by atoms with Crippen molar-refractivity contribution in [2.75, 3.05) is 26.1 Å². The van der Waals surface area contributed by atoms with Gasteiger partial charge in [0, 0.05) is 5.69 Å². The standard InChI is InChI=1S/C27H22BrFN2O6S/c1-35-20-9-7-19(8-10-20)30-24(32)14-31-26(33)23(38-27(31)34)13-17-11-21(28)25(22(12-17)36-2)37-15-16-3-5-18(29)6-4-16/h3-13H,14-15H2,1-2H3,(H,30,32)/b23-13+. The number of halogens is 2. The van der Waals surface area contributed by atoms with Crippen LogP contribution in [-0.4, -0.2) is 42.7 Å². The molecule has 196 valence electrons. The number of thioether (sulfide) groups is 1. The van der Waals surface area contributed by atoms with E-state index in [4.69, 9.17) is 14.2 Å². The van der Waals surface area contributed by atoms with E-state index >= 15 is 0 Å². The highest BCUT2D eigenvalue weighted by Gasteiger charge is 2.36. The van der Waals surface area contributed by atoms with E-state index < -0.39 is 23.6 Å². The van der Waals surface area contributed by atoms with Gasteiger partial charge in [0.25, 0.3) is 11.1 Å². The number of imide groups is 1. The Morgan fingerprint density at radius 1 is 1.05 bits per heavy atom. The van der Waals surface area contributed by atoms with Crippen molar-refractivity contribution in [2.45, 2.75) is 6.61 Å². The van der Waals surface area contributed by atoms with Gasteiger partial charge in [0.2, 0.25) is 5.91 Å². The van der Waals surface area contributed by atoms with E-state index in [9.17, 15) is 18.8 Å². The number of nitrogens with one attached hydrogen (secondary N) is 1. The molecule has 3 aromatic rings. The van der Waals surface area contributed by atoms with E-state index in [-0.39, 0.29) is 17.3 Å². The highest BCUT2D eigenvalue weighted by atomic mass is 79.9. The van der Waals surface area contributed by atoms with Crippen molar-refractivity contribution in [3.63, 3.8) is 0 Å². The van der Waals surface area contributed by atoms with Crippen molar-refractivity contribution < 1.29 is 33.0 Å². The van der Waals surface area contributed by atoms with Crippen LogP contribution in [0.15, 0.2) is 70.0 Å². The van der Waals surface area contributed by atoms with Gasteiger partial charge in [-0.3, -0.25) is 19.3 Å². The smallest absolute Gasteiger partial charge is 0.294 e. The van der Waals surface area contributed by atoms with Gasteiger partial charge in [0.15, 0.2) is 11.5 Å². The molecule has 1 saturated heterocycles. The maximum absolute atomic E-state index is 13.1. The Hall–Kier alpha value is -3.83. The van der Waals surface area contributed by atoms with Crippen LogP contribution < -0.4 is 19.5 Å². The SMILES string of the molecule is COc1ccc(NC(=O)CN2C(=O)S/C(=C/c3cc(Br)c(OCc4ccc(F)cc4)c(OC)c3)C2=O)cc1. The van der Waals surface area contributed by atoms with Gasteiger partial charge < -0.3 is 19.5 Å². The lowest BCUT2D eigenvalue weighted by molar-refractivity contribution is -0.127. The number of hydrogen-bond acceptors (Lipinski definition) is 7. The molecule has 1 fully saturated rings. The zero-order valence-corrected chi connectivity index (χ0v) is 22.7. The Morgan fingerprint density at radius 3 is 2.42 bits per heavy atom. The highest BCUT2D eigenvalue weighted by molar-refractivity contribution is 9.10. The molecule has 0 saturated carbocycles. The molecule has 0 atom stereocenters. The Labute approximate surface area is 230 Å². The minimum atomic E-state index is -0.573. The van der Waals surface area contributed by atoms with Gasteiger partial charge in [-0.05, 0) is 93.4 Å². The summed E-state index contributed by atoms with van der Waals surface area (Å²) in [7, 11) is 3.01. The molecular formula is C27H22BrFN2O6S. The van der Waals surface area contributed by atoms with Crippen LogP contribution in [-0.2, 0) is 16.2 Å². The van der Waals surface area contributed by atoms with Gasteiger partial charge in [-0.25, -0.2) is 4.39 Å². The first-order valence-corrected chi connectivity index (χ1v) is 12.8. The molecule has 1 N–H and O–H groups in total. The lowest BCUT2D eigenvalue weighted by atomic mass is 10.1. The predicted octanol–water partition coefficient (Wildman–Crippen LogP) is 5.86. The topological polar surface area (TPSA) is 94.2 Å². The molecule has 1 aliphatic rings. The van der Waals surface area contributed by atoms with Crippen LogP contribution in [0.4, 0.5) is 14.9 Å². The summed E-state index contributed by atoms with van der Waals surface area (Å²) in [6.07, 6.45) is 1.54. The number of hydrogen-bond donors (Lipinski definition) is 1. The molecule has 8 nitrogen and oxygen atoms in total. The van der Waals surface area contributed by atoms with Crippen molar-refractivity contribution >= 4 is 56.5 Å². The van der Waals surface area contributed by atoms with Crippen LogP contribution in [0.2, 0.25) is 0 Å². The Balaban J connectivity index is 1.44. The Bertz CT molecular complexity index is 1400. The fourth-order valence-electron chi connectivity index (χ4n) is 3.51. The number of benzene rings is 3. The van der Waals surface area contributed by atoms with Crippen LogP contribution in [0.25, 0.3) is 6.08 Å². The van der Waals surface area contributed by atoms with Gasteiger partial charge in [-0.15, -0.1) is 0 Å². The second-order valence-corrected chi connectivity index (χ2v) is 9.84. The summed E-state index contributed by atoms with van der Waals surface area (Å²) in [5.41, 5.74) is 1.86. The summed E-state index contributed by atoms with van der Waals surface area (Å²) in [4.78, 5) is 38.9. The fraction of sp³-hybridized carbons (Fsp3) is 0.148. The first-order valence-electron chi connectivity index (χ1n) is 11.2. The summed E-state index contributed by atoms with van der Waals surface area (Å²) in [5.74, 6) is 0.0412. The largest absolute Gasteiger partial charge is 0.497 e.